The van der Waals surface area contributed by atoms with Crippen LogP contribution in [0, 0.1) is 0 Å². The lowest BCUT2D eigenvalue weighted by atomic mass is 10.2. The van der Waals surface area contributed by atoms with E-state index in [9.17, 15) is 9.59 Å². The molecule has 2 aliphatic heterocycles. The number of carbonyl (C=O) groups is 2. The summed E-state index contributed by atoms with van der Waals surface area (Å²) in [5, 5.41) is 3.48. The van der Waals surface area contributed by atoms with Crippen molar-refractivity contribution in [3.8, 4) is 0 Å². The molecule has 0 aliphatic carbocycles. The number of ether oxygens (including phenoxy) is 2. The second-order valence-electron chi connectivity index (χ2n) is 5.70. The maximum Gasteiger partial charge on any atom is 0.317 e. The number of morpholine rings is 2. The highest BCUT2D eigenvalue weighted by Crippen LogP contribution is 2.21. The number of benzene rings is 1. The second-order valence-corrected chi connectivity index (χ2v) is 6.14. The zero-order chi connectivity index (χ0) is 16.9. The molecule has 1 unspecified atom stereocenters. The van der Waals surface area contributed by atoms with Gasteiger partial charge in [0.1, 0.15) is 6.61 Å². The number of rotatable bonds is 3. The Balaban J connectivity index is 1.54. The number of carbonyl (C=O) groups excluding carboxylic acids is 2. The molecule has 1 atom stereocenters. The Morgan fingerprint density at radius 2 is 1.96 bits per heavy atom. The fourth-order valence-corrected chi connectivity index (χ4v) is 2.82. The Morgan fingerprint density at radius 1 is 1.25 bits per heavy atom. The average molecular weight is 354 g/mol. The largest absolute Gasteiger partial charge is 0.378 e. The van der Waals surface area contributed by atoms with E-state index in [4.69, 9.17) is 21.1 Å². The molecule has 0 aromatic heterocycles. The standard InChI is InChI=1S/C16H20ClN3O4/c17-12-1-3-13(4-2-12)20-10-14(24-11-15(20)21)9-18-16(22)19-5-7-23-8-6-19/h1-4,14H,5-11H2,(H,18,22). The van der Waals surface area contributed by atoms with Gasteiger partial charge in [0, 0.05) is 30.3 Å². The van der Waals surface area contributed by atoms with Crippen molar-refractivity contribution in [3.63, 3.8) is 0 Å². The number of anilines is 1. The summed E-state index contributed by atoms with van der Waals surface area (Å²) < 4.78 is 10.8. The van der Waals surface area contributed by atoms with Crippen molar-refractivity contribution < 1.29 is 19.1 Å². The van der Waals surface area contributed by atoms with Crippen LogP contribution in [0.15, 0.2) is 24.3 Å². The molecule has 1 N–H and O–H groups in total. The van der Waals surface area contributed by atoms with E-state index in [2.05, 4.69) is 5.32 Å². The van der Waals surface area contributed by atoms with Gasteiger partial charge in [-0.15, -0.1) is 0 Å². The third kappa shape index (κ3) is 4.17. The van der Waals surface area contributed by atoms with Crippen molar-refractivity contribution in [2.24, 2.45) is 0 Å². The van der Waals surface area contributed by atoms with Crippen LogP contribution in [0.1, 0.15) is 0 Å². The third-order valence-electron chi connectivity index (χ3n) is 4.05. The molecule has 2 saturated heterocycles. The van der Waals surface area contributed by atoms with E-state index in [0.717, 1.165) is 5.69 Å². The Kier molecular flexibility index (Phi) is 5.55. The van der Waals surface area contributed by atoms with Crippen molar-refractivity contribution in [2.75, 3.05) is 50.9 Å². The van der Waals surface area contributed by atoms with E-state index in [-0.39, 0.29) is 24.6 Å². The fraction of sp³-hybridized carbons (Fsp3) is 0.500. The molecule has 2 heterocycles. The van der Waals surface area contributed by atoms with Crippen molar-refractivity contribution in [2.45, 2.75) is 6.10 Å². The summed E-state index contributed by atoms with van der Waals surface area (Å²) in [6.07, 6.45) is -0.247. The molecule has 2 fully saturated rings. The number of nitrogens with zero attached hydrogens (tertiary/aromatic N) is 2. The lowest BCUT2D eigenvalue weighted by Gasteiger charge is -2.33. The lowest BCUT2D eigenvalue weighted by molar-refractivity contribution is -0.129. The van der Waals surface area contributed by atoms with Gasteiger partial charge >= 0.3 is 6.03 Å². The summed E-state index contributed by atoms with van der Waals surface area (Å²) in [6.45, 7) is 3.05. The Hall–Kier alpha value is -1.83. The van der Waals surface area contributed by atoms with Crippen molar-refractivity contribution in [3.05, 3.63) is 29.3 Å². The Labute approximate surface area is 145 Å². The molecule has 1 aromatic carbocycles. The van der Waals surface area contributed by atoms with Crippen LogP contribution in [0.3, 0.4) is 0 Å². The SMILES string of the molecule is O=C(NCC1CN(c2ccc(Cl)cc2)C(=O)CO1)N1CCOCC1. The molecule has 3 amide bonds. The van der Waals surface area contributed by atoms with E-state index in [1.54, 1.807) is 34.1 Å². The topological polar surface area (TPSA) is 71.1 Å². The van der Waals surface area contributed by atoms with E-state index in [1.165, 1.54) is 0 Å². The molecule has 0 bridgehead atoms. The molecule has 24 heavy (non-hydrogen) atoms. The van der Waals surface area contributed by atoms with Crippen LogP contribution in [0.5, 0.6) is 0 Å². The minimum Gasteiger partial charge on any atom is -0.378 e. The summed E-state index contributed by atoms with van der Waals surface area (Å²) in [5.41, 5.74) is 0.775. The van der Waals surface area contributed by atoms with Gasteiger partial charge < -0.3 is 24.6 Å². The summed E-state index contributed by atoms with van der Waals surface area (Å²) >= 11 is 5.88. The monoisotopic (exact) mass is 353 g/mol. The zero-order valence-electron chi connectivity index (χ0n) is 13.2. The van der Waals surface area contributed by atoms with E-state index < -0.39 is 0 Å². The number of nitrogens with one attached hydrogen (secondary N) is 1. The van der Waals surface area contributed by atoms with Crippen LogP contribution in [0.2, 0.25) is 5.02 Å². The molecule has 3 rings (SSSR count). The molecule has 0 saturated carbocycles. The average Bonchev–Trinajstić information content (AvgIpc) is 2.62. The van der Waals surface area contributed by atoms with Gasteiger partial charge in [-0.25, -0.2) is 4.79 Å². The molecule has 1 aromatic rings. The van der Waals surface area contributed by atoms with Gasteiger partial charge in [0.25, 0.3) is 5.91 Å². The number of hydrogen-bond acceptors (Lipinski definition) is 4. The molecule has 0 spiro atoms. The first kappa shape index (κ1) is 17.0. The first-order chi connectivity index (χ1) is 11.6. The maximum absolute atomic E-state index is 12.1. The number of hydrogen-bond donors (Lipinski definition) is 1. The van der Waals surface area contributed by atoms with Gasteiger partial charge in [0.2, 0.25) is 0 Å². The summed E-state index contributed by atoms with van der Waals surface area (Å²) in [5.74, 6) is -0.104. The first-order valence-corrected chi connectivity index (χ1v) is 8.29. The maximum atomic E-state index is 12.1. The predicted octanol–water partition coefficient (Wildman–Crippen LogP) is 1.11. The molecular formula is C16H20ClN3O4. The van der Waals surface area contributed by atoms with Crippen molar-refractivity contribution in [1.82, 2.24) is 10.2 Å². The third-order valence-corrected chi connectivity index (χ3v) is 4.30. The van der Waals surface area contributed by atoms with Crippen LogP contribution >= 0.6 is 11.6 Å². The molecule has 130 valence electrons. The van der Waals surface area contributed by atoms with Crippen molar-refractivity contribution in [1.29, 1.82) is 0 Å². The van der Waals surface area contributed by atoms with Crippen LogP contribution in [0.25, 0.3) is 0 Å². The molecule has 8 heteroatoms. The van der Waals surface area contributed by atoms with Crippen molar-refractivity contribution >= 4 is 29.2 Å². The molecule has 0 radical (unpaired) electrons. The van der Waals surface area contributed by atoms with E-state index >= 15 is 0 Å². The van der Waals surface area contributed by atoms with Gasteiger partial charge in [-0.2, -0.15) is 0 Å². The van der Waals surface area contributed by atoms with Crippen LogP contribution in [-0.4, -0.2) is 68.9 Å². The smallest absolute Gasteiger partial charge is 0.317 e. The van der Waals surface area contributed by atoms with Crippen LogP contribution in [0.4, 0.5) is 10.5 Å². The van der Waals surface area contributed by atoms with Crippen LogP contribution in [-0.2, 0) is 14.3 Å². The van der Waals surface area contributed by atoms with Gasteiger partial charge in [-0.05, 0) is 24.3 Å². The van der Waals surface area contributed by atoms with Gasteiger partial charge in [-0.1, -0.05) is 11.6 Å². The highest BCUT2D eigenvalue weighted by atomic mass is 35.5. The van der Waals surface area contributed by atoms with Gasteiger partial charge in [0.05, 0.1) is 25.9 Å². The number of halogens is 1. The minimum absolute atomic E-state index is 0.000712. The second kappa shape index (κ2) is 7.83. The number of urea groups is 1. The minimum atomic E-state index is -0.247. The zero-order valence-corrected chi connectivity index (χ0v) is 14.0. The highest BCUT2D eigenvalue weighted by Gasteiger charge is 2.28. The Bertz CT molecular complexity index is 589. The summed E-state index contributed by atoms with van der Waals surface area (Å²) in [6, 6.07) is 6.96. The highest BCUT2D eigenvalue weighted by molar-refractivity contribution is 6.30. The quantitative estimate of drug-likeness (QED) is 0.883. The summed E-state index contributed by atoms with van der Waals surface area (Å²) in [4.78, 5) is 27.5. The molecular weight excluding hydrogens is 334 g/mol. The van der Waals surface area contributed by atoms with E-state index in [0.29, 0.717) is 44.4 Å². The lowest BCUT2D eigenvalue weighted by Crippen LogP contribution is -2.53. The molecule has 2 aliphatic rings. The summed E-state index contributed by atoms with van der Waals surface area (Å²) in [7, 11) is 0. The van der Waals surface area contributed by atoms with Gasteiger partial charge in [0.15, 0.2) is 0 Å². The molecule has 7 nitrogen and oxygen atoms in total. The van der Waals surface area contributed by atoms with Crippen LogP contribution < -0.4 is 10.2 Å². The fourth-order valence-electron chi connectivity index (χ4n) is 2.70. The predicted molar refractivity (Wildman–Crippen MR) is 89.3 cm³/mol. The number of amides is 3. The normalized spacial score (nSPS) is 21.7. The van der Waals surface area contributed by atoms with E-state index in [1.807, 2.05) is 0 Å². The Morgan fingerprint density at radius 3 is 2.67 bits per heavy atom. The van der Waals surface area contributed by atoms with Gasteiger partial charge in [-0.3, -0.25) is 4.79 Å². The first-order valence-electron chi connectivity index (χ1n) is 7.91.